The molecule has 7 heteroatoms. The Balaban J connectivity index is 1.50. The van der Waals surface area contributed by atoms with Gasteiger partial charge in [0.25, 0.3) is 5.91 Å². The van der Waals surface area contributed by atoms with E-state index in [1.165, 1.54) is 0 Å². The summed E-state index contributed by atoms with van der Waals surface area (Å²) in [5.41, 5.74) is 4.35. The van der Waals surface area contributed by atoms with E-state index in [1.54, 1.807) is 0 Å². The summed E-state index contributed by atoms with van der Waals surface area (Å²) in [7, 11) is 0. The highest BCUT2D eigenvalue weighted by molar-refractivity contribution is 6.09. The van der Waals surface area contributed by atoms with Crippen LogP contribution in [-0.2, 0) is 17.8 Å². The van der Waals surface area contributed by atoms with Crippen LogP contribution >= 0.6 is 0 Å². The zero-order valence-electron chi connectivity index (χ0n) is 16.8. The first-order valence-electron chi connectivity index (χ1n) is 9.77. The second kappa shape index (κ2) is 7.24. The standard InChI is InChI=1S/C22H24N4O3/c1-4-25-13(2)9-17(14(25)3)20(27)12-26-21(28)19(24-22(26)29)10-15-11-23-18-8-6-5-7-16(15)18/h5-9,11,19,23H,4,10,12H2,1-3H3,(H,24,29)/t19-/m0/s1. The molecule has 1 aliphatic heterocycles. The van der Waals surface area contributed by atoms with Gasteiger partial charge in [0.2, 0.25) is 0 Å². The Bertz CT molecular complexity index is 1120. The van der Waals surface area contributed by atoms with Gasteiger partial charge in [-0.2, -0.15) is 0 Å². The molecule has 1 saturated heterocycles. The van der Waals surface area contributed by atoms with Crippen LogP contribution in [-0.4, -0.2) is 44.8 Å². The maximum absolute atomic E-state index is 12.8. The summed E-state index contributed by atoms with van der Waals surface area (Å²) < 4.78 is 2.04. The second-order valence-electron chi connectivity index (χ2n) is 7.44. The molecule has 4 rings (SSSR count). The van der Waals surface area contributed by atoms with Crippen LogP contribution in [0.1, 0.15) is 34.2 Å². The minimum Gasteiger partial charge on any atom is -0.361 e. The Kier molecular flexibility index (Phi) is 4.74. The van der Waals surface area contributed by atoms with Crippen LogP contribution in [0.15, 0.2) is 36.5 Å². The minimum atomic E-state index is -0.669. The van der Waals surface area contributed by atoms with Crippen LogP contribution in [0.5, 0.6) is 0 Å². The number of hydrogen-bond acceptors (Lipinski definition) is 3. The Hall–Kier alpha value is -3.35. The van der Waals surface area contributed by atoms with Crippen molar-refractivity contribution in [1.82, 2.24) is 19.8 Å². The Labute approximate surface area is 168 Å². The van der Waals surface area contributed by atoms with Crippen molar-refractivity contribution in [3.05, 3.63) is 59.0 Å². The molecule has 0 unspecified atom stereocenters. The number of aromatic amines is 1. The summed E-state index contributed by atoms with van der Waals surface area (Å²) >= 11 is 0. The molecular formula is C22H24N4O3. The zero-order chi connectivity index (χ0) is 20.7. The van der Waals surface area contributed by atoms with Crippen molar-refractivity contribution >= 4 is 28.6 Å². The molecule has 1 atom stereocenters. The summed E-state index contributed by atoms with van der Waals surface area (Å²) in [6.45, 7) is 6.36. The normalized spacial score (nSPS) is 16.7. The molecule has 1 aromatic carbocycles. The molecule has 1 aliphatic rings. The van der Waals surface area contributed by atoms with E-state index in [4.69, 9.17) is 0 Å². The molecule has 2 aromatic heterocycles. The van der Waals surface area contributed by atoms with Gasteiger partial charge in [-0.05, 0) is 38.5 Å². The molecule has 2 N–H and O–H groups in total. The van der Waals surface area contributed by atoms with Gasteiger partial charge >= 0.3 is 6.03 Å². The molecule has 3 aromatic rings. The molecule has 0 spiro atoms. The van der Waals surface area contributed by atoms with E-state index in [-0.39, 0.29) is 18.2 Å². The first kappa shape index (κ1) is 19.0. The van der Waals surface area contributed by atoms with E-state index in [0.717, 1.165) is 39.3 Å². The average Bonchev–Trinajstić information content (AvgIpc) is 3.32. The Morgan fingerprint density at radius 3 is 2.66 bits per heavy atom. The number of H-pyrrole nitrogens is 1. The predicted molar refractivity (Wildman–Crippen MR) is 110 cm³/mol. The lowest BCUT2D eigenvalue weighted by Crippen LogP contribution is -2.36. The number of nitrogens with one attached hydrogen (secondary N) is 2. The SMILES string of the molecule is CCn1c(C)cc(C(=O)CN2C(=O)N[C@@H](Cc3c[nH]c4ccccc34)C2=O)c1C. The number of imide groups is 1. The quantitative estimate of drug-likeness (QED) is 0.499. The van der Waals surface area contributed by atoms with Gasteiger partial charge in [-0.1, -0.05) is 18.2 Å². The number of hydrogen-bond donors (Lipinski definition) is 2. The van der Waals surface area contributed by atoms with Crippen molar-refractivity contribution in [1.29, 1.82) is 0 Å². The van der Waals surface area contributed by atoms with Crippen LogP contribution in [0.4, 0.5) is 4.79 Å². The lowest BCUT2D eigenvalue weighted by molar-refractivity contribution is -0.127. The van der Waals surface area contributed by atoms with Gasteiger partial charge in [0.1, 0.15) is 6.04 Å². The molecule has 150 valence electrons. The van der Waals surface area contributed by atoms with Gasteiger partial charge in [0.05, 0.1) is 6.54 Å². The number of Topliss-reactive ketones (excluding diaryl/α,β-unsaturated/α-hetero) is 1. The van der Waals surface area contributed by atoms with Gasteiger partial charge in [-0.25, -0.2) is 4.79 Å². The van der Waals surface area contributed by atoms with Crippen molar-refractivity contribution in [3.8, 4) is 0 Å². The van der Waals surface area contributed by atoms with E-state index in [0.29, 0.717) is 12.0 Å². The van der Waals surface area contributed by atoms with Crippen molar-refractivity contribution in [2.45, 2.75) is 39.8 Å². The van der Waals surface area contributed by atoms with Crippen LogP contribution in [0, 0.1) is 13.8 Å². The van der Waals surface area contributed by atoms with E-state index >= 15 is 0 Å². The molecule has 3 amide bonds. The van der Waals surface area contributed by atoms with E-state index < -0.39 is 12.1 Å². The van der Waals surface area contributed by atoms with Crippen LogP contribution < -0.4 is 5.32 Å². The maximum atomic E-state index is 12.8. The summed E-state index contributed by atoms with van der Waals surface area (Å²) in [5, 5.41) is 3.75. The second-order valence-corrected chi connectivity index (χ2v) is 7.44. The molecule has 1 fully saturated rings. The first-order valence-corrected chi connectivity index (χ1v) is 9.77. The van der Waals surface area contributed by atoms with Crippen LogP contribution in [0.25, 0.3) is 10.9 Å². The number of carbonyl (C=O) groups excluding carboxylic acids is 3. The molecular weight excluding hydrogens is 368 g/mol. The smallest absolute Gasteiger partial charge is 0.325 e. The summed E-state index contributed by atoms with van der Waals surface area (Å²) in [6, 6.07) is 8.46. The van der Waals surface area contributed by atoms with Crippen molar-refractivity contribution < 1.29 is 14.4 Å². The highest BCUT2D eigenvalue weighted by Crippen LogP contribution is 2.22. The van der Waals surface area contributed by atoms with Gasteiger partial charge in [0.15, 0.2) is 5.78 Å². The highest BCUT2D eigenvalue weighted by Gasteiger charge is 2.39. The molecule has 7 nitrogen and oxygen atoms in total. The fourth-order valence-electron chi connectivity index (χ4n) is 4.18. The number of carbonyl (C=O) groups is 3. The predicted octanol–water partition coefficient (Wildman–Crippen LogP) is 2.95. The van der Waals surface area contributed by atoms with E-state index in [2.05, 4.69) is 10.3 Å². The highest BCUT2D eigenvalue weighted by atomic mass is 16.2. The van der Waals surface area contributed by atoms with E-state index in [1.807, 2.05) is 61.9 Å². The van der Waals surface area contributed by atoms with Gasteiger partial charge in [0, 0.05) is 47.0 Å². The number of benzene rings is 1. The number of rotatable bonds is 6. The lowest BCUT2D eigenvalue weighted by atomic mass is 10.0. The van der Waals surface area contributed by atoms with Crippen molar-refractivity contribution in [2.75, 3.05) is 6.54 Å². The zero-order valence-corrected chi connectivity index (χ0v) is 16.8. The molecule has 0 bridgehead atoms. The molecule has 0 aliphatic carbocycles. The van der Waals surface area contributed by atoms with Gasteiger partial charge < -0.3 is 14.9 Å². The largest absolute Gasteiger partial charge is 0.361 e. The van der Waals surface area contributed by atoms with Crippen LogP contribution in [0.2, 0.25) is 0 Å². The Morgan fingerprint density at radius 1 is 1.17 bits per heavy atom. The third-order valence-electron chi connectivity index (χ3n) is 5.70. The van der Waals surface area contributed by atoms with Crippen LogP contribution in [0.3, 0.4) is 0 Å². The third kappa shape index (κ3) is 3.22. The summed E-state index contributed by atoms with van der Waals surface area (Å²) in [4.78, 5) is 42.2. The molecule has 29 heavy (non-hydrogen) atoms. The lowest BCUT2D eigenvalue weighted by Gasteiger charge is -2.12. The third-order valence-corrected chi connectivity index (χ3v) is 5.70. The topological polar surface area (TPSA) is 87.2 Å². The monoisotopic (exact) mass is 392 g/mol. The number of fused-ring (bicyclic) bond motifs is 1. The number of para-hydroxylation sites is 1. The fraction of sp³-hybridized carbons (Fsp3) is 0.318. The fourth-order valence-corrected chi connectivity index (χ4v) is 4.18. The van der Waals surface area contributed by atoms with E-state index in [9.17, 15) is 14.4 Å². The minimum absolute atomic E-state index is 0.228. The number of amides is 3. The maximum Gasteiger partial charge on any atom is 0.325 e. The number of ketones is 1. The number of aryl methyl sites for hydroxylation is 1. The van der Waals surface area contributed by atoms with Gasteiger partial charge in [-0.15, -0.1) is 0 Å². The van der Waals surface area contributed by atoms with Crippen molar-refractivity contribution in [3.63, 3.8) is 0 Å². The molecule has 3 heterocycles. The number of urea groups is 1. The molecule has 0 saturated carbocycles. The Morgan fingerprint density at radius 2 is 1.93 bits per heavy atom. The number of nitrogens with zero attached hydrogens (tertiary/aromatic N) is 2. The average molecular weight is 392 g/mol. The summed E-state index contributed by atoms with van der Waals surface area (Å²) in [5.74, 6) is -0.591. The summed E-state index contributed by atoms with van der Waals surface area (Å²) in [6.07, 6.45) is 2.24. The van der Waals surface area contributed by atoms with Crippen molar-refractivity contribution in [2.24, 2.45) is 0 Å². The number of aromatic nitrogens is 2. The first-order chi connectivity index (χ1) is 13.9. The molecule has 0 radical (unpaired) electrons. The van der Waals surface area contributed by atoms with Gasteiger partial charge in [-0.3, -0.25) is 14.5 Å².